The molecule has 2 N–H and O–H groups in total. The van der Waals surface area contributed by atoms with E-state index < -0.39 is 23.8 Å². The van der Waals surface area contributed by atoms with E-state index in [-0.39, 0.29) is 31.4 Å². The Hall–Kier alpha value is -2.29. The molecule has 1 amide bonds. The minimum Gasteiger partial charge on any atom is -0.492 e. The molecule has 0 aromatic heterocycles. The van der Waals surface area contributed by atoms with E-state index in [0.717, 1.165) is 18.6 Å². The number of carbonyl (C=O) groups is 2. The number of nitrogens with one attached hydrogen (secondary N) is 1. The third kappa shape index (κ3) is 5.63. The largest absolute Gasteiger partial charge is 0.492 e. The van der Waals surface area contributed by atoms with Crippen molar-refractivity contribution in [3.63, 3.8) is 0 Å². The second-order valence-electron chi connectivity index (χ2n) is 5.69. The molecule has 2 rings (SSSR count). The first-order valence-electron chi connectivity index (χ1n) is 7.81. The van der Waals surface area contributed by atoms with Gasteiger partial charge in [-0.15, -0.1) is 0 Å². The number of hydrogen-bond donors (Lipinski definition) is 2. The van der Waals surface area contributed by atoms with Crippen molar-refractivity contribution in [2.24, 2.45) is 0 Å². The molecule has 1 heterocycles. The zero-order valence-electron chi connectivity index (χ0n) is 13.4. The number of nitrogens with zero attached hydrogens (tertiary/aromatic N) is 1. The SMILES string of the molecule is O=C(CN1CCCC1C(=O)O)NCCOc1ccc(C(F)(F)F)cc1. The van der Waals surface area contributed by atoms with E-state index in [1.54, 1.807) is 4.90 Å². The van der Waals surface area contributed by atoms with Gasteiger partial charge in [-0.3, -0.25) is 14.5 Å². The number of alkyl halides is 3. The second-order valence-corrected chi connectivity index (χ2v) is 5.69. The van der Waals surface area contributed by atoms with Crippen molar-refractivity contribution in [2.45, 2.75) is 25.1 Å². The van der Waals surface area contributed by atoms with Crippen molar-refractivity contribution >= 4 is 11.9 Å². The number of ether oxygens (including phenoxy) is 1. The van der Waals surface area contributed by atoms with Crippen LogP contribution in [0.15, 0.2) is 24.3 Å². The maximum atomic E-state index is 12.4. The van der Waals surface area contributed by atoms with Gasteiger partial charge in [-0.1, -0.05) is 0 Å². The van der Waals surface area contributed by atoms with E-state index in [9.17, 15) is 22.8 Å². The van der Waals surface area contributed by atoms with Crippen molar-refractivity contribution in [1.82, 2.24) is 10.2 Å². The van der Waals surface area contributed by atoms with E-state index in [2.05, 4.69) is 5.32 Å². The molecule has 1 unspecified atom stereocenters. The van der Waals surface area contributed by atoms with Gasteiger partial charge in [0.15, 0.2) is 0 Å². The molecule has 0 radical (unpaired) electrons. The van der Waals surface area contributed by atoms with Crippen LogP contribution in [0.25, 0.3) is 0 Å². The van der Waals surface area contributed by atoms with Crippen molar-refractivity contribution in [2.75, 3.05) is 26.2 Å². The Balaban J connectivity index is 1.69. The summed E-state index contributed by atoms with van der Waals surface area (Å²) in [5.74, 6) is -0.979. The standard InChI is InChI=1S/C16H19F3N2O4/c17-16(18,19)11-3-5-12(6-4-11)25-9-7-20-14(22)10-21-8-1-2-13(21)15(23)24/h3-6,13H,1-2,7-10H2,(H,20,22)(H,23,24). The molecule has 1 saturated heterocycles. The number of aliphatic carboxylic acids is 1. The van der Waals surface area contributed by atoms with Crippen LogP contribution in [0.3, 0.4) is 0 Å². The predicted molar refractivity (Wildman–Crippen MR) is 82.2 cm³/mol. The zero-order valence-corrected chi connectivity index (χ0v) is 13.4. The number of amides is 1. The van der Waals surface area contributed by atoms with Gasteiger partial charge in [-0.25, -0.2) is 0 Å². The lowest BCUT2D eigenvalue weighted by Crippen LogP contribution is -2.43. The van der Waals surface area contributed by atoms with Gasteiger partial charge in [0.25, 0.3) is 0 Å². The number of halogens is 3. The van der Waals surface area contributed by atoms with Crippen LogP contribution < -0.4 is 10.1 Å². The summed E-state index contributed by atoms with van der Waals surface area (Å²) in [4.78, 5) is 24.4. The molecule has 0 saturated carbocycles. The van der Waals surface area contributed by atoms with Crippen LogP contribution in [-0.2, 0) is 15.8 Å². The molecule has 1 aliphatic rings. The molecule has 25 heavy (non-hydrogen) atoms. The topological polar surface area (TPSA) is 78.9 Å². The molecule has 9 heteroatoms. The molecule has 1 atom stereocenters. The fourth-order valence-electron chi connectivity index (χ4n) is 2.63. The van der Waals surface area contributed by atoms with Gasteiger partial charge in [0.05, 0.1) is 18.7 Å². The maximum Gasteiger partial charge on any atom is 0.416 e. The fourth-order valence-corrected chi connectivity index (χ4v) is 2.63. The van der Waals surface area contributed by atoms with E-state index >= 15 is 0 Å². The first-order valence-corrected chi connectivity index (χ1v) is 7.81. The van der Waals surface area contributed by atoms with Crippen LogP contribution in [0, 0.1) is 0 Å². The van der Waals surface area contributed by atoms with Crippen molar-refractivity contribution in [3.8, 4) is 5.75 Å². The highest BCUT2D eigenvalue weighted by atomic mass is 19.4. The molecule has 6 nitrogen and oxygen atoms in total. The molecule has 0 aliphatic carbocycles. The van der Waals surface area contributed by atoms with E-state index in [4.69, 9.17) is 9.84 Å². The van der Waals surface area contributed by atoms with E-state index in [0.29, 0.717) is 13.0 Å². The van der Waals surface area contributed by atoms with Gasteiger partial charge in [0.1, 0.15) is 18.4 Å². The van der Waals surface area contributed by atoms with Crippen LogP contribution in [0.4, 0.5) is 13.2 Å². The second kappa shape index (κ2) is 8.19. The molecule has 138 valence electrons. The highest BCUT2D eigenvalue weighted by Gasteiger charge is 2.31. The van der Waals surface area contributed by atoms with Crippen molar-refractivity contribution < 1.29 is 32.6 Å². The summed E-state index contributed by atoms with van der Waals surface area (Å²) in [7, 11) is 0. The molecule has 0 spiro atoms. The average molecular weight is 360 g/mol. The van der Waals surface area contributed by atoms with Crippen LogP contribution in [0.1, 0.15) is 18.4 Å². The Bertz CT molecular complexity index is 604. The molecule has 1 aliphatic heterocycles. The monoisotopic (exact) mass is 360 g/mol. The minimum absolute atomic E-state index is 0.00273. The fraction of sp³-hybridized carbons (Fsp3) is 0.500. The van der Waals surface area contributed by atoms with Gasteiger partial charge in [0, 0.05) is 0 Å². The lowest BCUT2D eigenvalue weighted by Gasteiger charge is -2.20. The van der Waals surface area contributed by atoms with E-state index in [1.165, 1.54) is 12.1 Å². The van der Waals surface area contributed by atoms with Gasteiger partial charge in [-0.05, 0) is 43.7 Å². The van der Waals surface area contributed by atoms with Crippen molar-refractivity contribution in [1.29, 1.82) is 0 Å². The minimum atomic E-state index is -4.39. The highest BCUT2D eigenvalue weighted by molar-refractivity contribution is 5.80. The summed E-state index contributed by atoms with van der Waals surface area (Å²) in [6, 6.07) is 3.65. The quantitative estimate of drug-likeness (QED) is 0.725. The molecule has 1 aromatic carbocycles. The van der Waals surface area contributed by atoms with Crippen LogP contribution >= 0.6 is 0 Å². The molecule has 0 bridgehead atoms. The lowest BCUT2D eigenvalue weighted by molar-refractivity contribution is -0.142. The smallest absolute Gasteiger partial charge is 0.416 e. The third-order valence-electron chi connectivity index (χ3n) is 3.87. The lowest BCUT2D eigenvalue weighted by atomic mass is 10.2. The Morgan fingerprint density at radius 1 is 1.28 bits per heavy atom. The maximum absolute atomic E-state index is 12.4. The number of carboxylic acids is 1. The molecular weight excluding hydrogens is 341 g/mol. The van der Waals surface area contributed by atoms with Crippen LogP contribution in [0.2, 0.25) is 0 Å². The predicted octanol–water partition coefficient (Wildman–Crippen LogP) is 1.75. The summed E-state index contributed by atoms with van der Waals surface area (Å²) in [5, 5.41) is 11.6. The van der Waals surface area contributed by atoms with E-state index in [1.807, 2.05) is 0 Å². The Morgan fingerprint density at radius 2 is 1.96 bits per heavy atom. The van der Waals surface area contributed by atoms with Crippen molar-refractivity contribution in [3.05, 3.63) is 29.8 Å². The number of likely N-dealkylation sites (tertiary alicyclic amines) is 1. The highest BCUT2D eigenvalue weighted by Crippen LogP contribution is 2.30. The Labute approximate surface area is 142 Å². The summed E-state index contributed by atoms with van der Waals surface area (Å²) in [6.07, 6.45) is -3.13. The van der Waals surface area contributed by atoms with Gasteiger partial charge < -0.3 is 15.2 Å². The third-order valence-corrected chi connectivity index (χ3v) is 3.87. The summed E-state index contributed by atoms with van der Waals surface area (Å²) >= 11 is 0. The van der Waals surface area contributed by atoms with Gasteiger partial charge in [-0.2, -0.15) is 13.2 Å². The number of benzene rings is 1. The Kier molecular flexibility index (Phi) is 6.24. The van der Waals surface area contributed by atoms with Gasteiger partial charge in [0.2, 0.25) is 5.91 Å². The first-order chi connectivity index (χ1) is 11.8. The first kappa shape index (κ1) is 19.0. The molecule has 1 fully saturated rings. The number of carbonyl (C=O) groups excluding carboxylic acids is 1. The summed E-state index contributed by atoms with van der Waals surface area (Å²) in [6.45, 7) is 0.828. The Morgan fingerprint density at radius 3 is 2.56 bits per heavy atom. The van der Waals surface area contributed by atoms with Crippen LogP contribution in [-0.4, -0.2) is 54.2 Å². The molecular formula is C16H19F3N2O4. The number of carboxylic acid groups (broad SMARTS) is 1. The number of rotatable bonds is 7. The number of hydrogen-bond acceptors (Lipinski definition) is 4. The average Bonchev–Trinajstić information content (AvgIpc) is 2.99. The van der Waals surface area contributed by atoms with Crippen LogP contribution in [0.5, 0.6) is 5.75 Å². The van der Waals surface area contributed by atoms with Gasteiger partial charge >= 0.3 is 12.1 Å². The molecule has 1 aromatic rings. The summed E-state index contributed by atoms with van der Waals surface area (Å²) in [5.41, 5.74) is -0.758. The normalized spacial score (nSPS) is 18.1. The summed E-state index contributed by atoms with van der Waals surface area (Å²) < 4.78 is 42.6. The zero-order chi connectivity index (χ0) is 18.4.